The highest BCUT2D eigenvalue weighted by Gasteiger charge is 2.57. The van der Waals surface area contributed by atoms with E-state index in [1.165, 1.54) is 12.6 Å². The second kappa shape index (κ2) is 5.88. The molecule has 120 valence electrons. The summed E-state index contributed by atoms with van der Waals surface area (Å²) in [6.07, 6.45) is 5.26. The maximum Gasteiger partial charge on any atom is 0.334 e. The molecular formula is C16H24FN4O+. The fourth-order valence-electron chi connectivity index (χ4n) is 4.19. The molecule has 0 aromatic heterocycles. The van der Waals surface area contributed by atoms with E-state index in [0.29, 0.717) is 18.8 Å². The summed E-state index contributed by atoms with van der Waals surface area (Å²) in [6.45, 7) is 1.45. The van der Waals surface area contributed by atoms with Gasteiger partial charge in [-0.1, -0.05) is 19.3 Å². The van der Waals surface area contributed by atoms with Gasteiger partial charge in [-0.2, -0.15) is 0 Å². The van der Waals surface area contributed by atoms with Crippen LogP contribution in [-0.2, 0) is 4.79 Å². The Hall–Kier alpha value is -1.61. The van der Waals surface area contributed by atoms with Crippen molar-refractivity contribution in [3.63, 3.8) is 0 Å². The Morgan fingerprint density at radius 1 is 1.36 bits per heavy atom. The number of carbonyl (C=O) groups excluding carboxylic acids is 1. The maximum atomic E-state index is 15.1. The number of hydrogen-bond acceptors (Lipinski definition) is 3. The number of piperazine rings is 1. The minimum atomic E-state index is -1.28. The van der Waals surface area contributed by atoms with Gasteiger partial charge in [0, 0.05) is 20.1 Å². The lowest BCUT2D eigenvalue weighted by Crippen LogP contribution is -2.68. The van der Waals surface area contributed by atoms with Gasteiger partial charge in [0.05, 0.1) is 6.54 Å². The summed E-state index contributed by atoms with van der Waals surface area (Å²) in [7, 11) is 1.79. The largest absolute Gasteiger partial charge is 0.388 e. The van der Waals surface area contributed by atoms with Crippen molar-refractivity contribution in [3.05, 3.63) is 5.70 Å². The standard InChI is InChI=1S/C16H24FN4O/c1-20-7-8-21(11-15(20)22)16(12-5-3-2-4-6-12)13(17)9-19-10-14(16)18/h9,12-13H,2-8,11,18H2,1H3/q+1. The van der Waals surface area contributed by atoms with E-state index in [9.17, 15) is 4.79 Å². The molecule has 1 saturated carbocycles. The third kappa shape index (κ3) is 2.28. The molecule has 3 aliphatic rings. The van der Waals surface area contributed by atoms with Crippen LogP contribution in [0.25, 0.3) is 0 Å². The van der Waals surface area contributed by atoms with E-state index >= 15 is 4.39 Å². The van der Waals surface area contributed by atoms with Gasteiger partial charge in [-0.25, -0.2) is 4.39 Å². The van der Waals surface area contributed by atoms with Gasteiger partial charge in [0.15, 0.2) is 5.70 Å². The monoisotopic (exact) mass is 307 g/mol. The molecular weight excluding hydrogens is 283 g/mol. The van der Waals surface area contributed by atoms with Crippen molar-refractivity contribution >= 4 is 18.0 Å². The van der Waals surface area contributed by atoms with Crippen molar-refractivity contribution < 1.29 is 9.18 Å². The minimum Gasteiger partial charge on any atom is -0.388 e. The molecule has 0 spiro atoms. The van der Waals surface area contributed by atoms with Gasteiger partial charge in [-0.15, -0.1) is 0 Å². The van der Waals surface area contributed by atoms with E-state index in [0.717, 1.165) is 25.7 Å². The first-order valence-electron chi connectivity index (χ1n) is 8.12. The molecule has 2 atom stereocenters. The average molecular weight is 307 g/mol. The number of hydrogen-bond donors (Lipinski definition) is 1. The van der Waals surface area contributed by atoms with Gasteiger partial charge in [-0.05, 0) is 23.4 Å². The van der Waals surface area contributed by atoms with Gasteiger partial charge < -0.3 is 10.6 Å². The number of halogens is 1. The molecule has 1 amide bonds. The van der Waals surface area contributed by atoms with Crippen LogP contribution >= 0.6 is 0 Å². The molecule has 2 heterocycles. The first-order valence-corrected chi connectivity index (χ1v) is 8.12. The number of alkyl halides is 1. The highest BCUT2D eigenvalue weighted by molar-refractivity contribution is 5.81. The van der Waals surface area contributed by atoms with Gasteiger partial charge in [0.2, 0.25) is 12.1 Å². The number of amides is 1. The van der Waals surface area contributed by atoms with Gasteiger partial charge in [0.25, 0.3) is 0 Å². The number of nitrogens with zero attached hydrogens (tertiary/aromatic N) is 3. The van der Waals surface area contributed by atoms with Crippen molar-refractivity contribution in [1.82, 2.24) is 14.5 Å². The fourth-order valence-corrected chi connectivity index (χ4v) is 4.19. The summed E-state index contributed by atoms with van der Waals surface area (Å²) < 4.78 is 18.9. The predicted octanol–water partition coefficient (Wildman–Crippen LogP) is 0.0815. The van der Waals surface area contributed by atoms with Crippen LogP contribution < -0.4 is 10.4 Å². The molecule has 2 fully saturated rings. The van der Waals surface area contributed by atoms with Crippen LogP contribution in [0, 0.1) is 5.92 Å². The molecule has 0 radical (unpaired) electrons. The van der Waals surface area contributed by atoms with E-state index < -0.39 is 11.7 Å². The lowest BCUT2D eigenvalue weighted by atomic mass is 9.69. The van der Waals surface area contributed by atoms with Crippen molar-refractivity contribution in [2.75, 3.05) is 26.7 Å². The summed E-state index contributed by atoms with van der Waals surface area (Å²) in [5, 5.41) is 0. The zero-order chi connectivity index (χ0) is 15.7. The summed E-state index contributed by atoms with van der Waals surface area (Å²) >= 11 is 0. The maximum absolute atomic E-state index is 15.1. The summed E-state index contributed by atoms with van der Waals surface area (Å²) in [4.78, 5) is 15.8. The number of rotatable bonds is 2. The lowest BCUT2D eigenvalue weighted by molar-refractivity contribution is -0.139. The second-order valence-corrected chi connectivity index (χ2v) is 6.60. The van der Waals surface area contributed by atoms with Gasteiger partial charge in [-0.3, -0.25) is 9.69 Å². The highest BCUT2D eigenvalue weighted by atomic mass is 19.1. The zero-order valence-electron chi connectivity index (χ0n) is 13.1. The summed E-state index contributed by atoms with van der Waals surface area (Å²) in [5.74, 6) is 2.92. The van der Waals surface area contributed by atoms with E-state index in [2.05, 4.69) is 10.5 Å². The summed E-state index contributed by atoms with van der Waals surface area (Å²) in [6, 6.07) is 0. The molecule has 0 aromatic carbocycles. The van der Waals surface area contributed by atoms with Crippen LogP contribution in [0.4, 0.5) is 4.39 Å². The van der Waals surface area contributed by atoms with Crippen molar-refractivity contribution in [1.29, 1.82) is 0 Å². The Bertz CT molecular complexity index is 558. The van der Waals surface area contributed by atoms with Crippen LogP contribution in [0.3, 0.4) is 0 Å². The van der Waals surface area contributed by atoms with E-state index in [1.54, 1.807) is 11.9 Å². The SMILES string of the molecule is CN1CCN(C2(C3CCCCC3)C(N)=C=[N+]=CC2F)CC1=O. The van der Waals surface area contributed by atoms with E-state index in [4.69, 9.17) is 5.73 Å². The van der Waals surface area contributed by atoms with Crippen molar-refractivity contribution in [3.8, 4) is 0 Å². The normalized spacial score (nSPS) is 34.1. The van der Waals surface area contributed by atoms with Crippen molar-refractivity contribution in [2.24, 2.45) is 11.7 Å². The third-order valence-electron chi connectivity index (χ3n) is 5.45. The molecule has 6 heteroatoms. The first-order chi connectivity index (χ1) is 10.6. The molecule has 0 bridgehead atoms. The Labute approximate surface area is 130 Å². The first kappa shape index (κ1) is 15.3. The van der Waals surface area contributed by atoms with Crippen LogP contribution in [0.15, 0.2) is 5.70 Å². The lowest BCUT2D eigenvalue weighted by Gasteiger charge is -2.50. The molecule has 2 aliphatic heterocycles. The van der Waals surface area contributed by atoms with Crippen LogP contribution in [0.1, 0.15) is 32.1 Å². The molecule has 3 rings (SSSR count). The Kier molecular flexibility index (Phi) is 4.09. The molecule has 1 saturated heterocycles. The topological polar surface area (TPSA) is 63.7 Å². The highest BCUT2D eigenvalue weighted by Crippen LogP contribution is 2.43. The molecule has 2 unspecified atom stereocenters. The predicted molar refractivity (Wildman–Crippen MR) is 84.3 cm³/mol. The minimum absolute atomic E-state index is 0.0175. The van der Waals surface area contributed by atoms with Crippen LogP contribution in [0.2, 0.25) is 0 Å². The van der Waals surface area contributed by atoms with Crippen LogP contribution in [-0.4, -0.2) is 66.2 Å². The number of likely N-dealkylation sites (N-methyl/N-ethyl adjacent to an activating group) is 1. The molecule has 22 heavy (non-hydrogen) atoms. The fraction of sp³-hybridized carbons (Fsp3) is 0.750. The average Bonchev–Trinajstić information content (AvgIpc) is 2.52. The quantitative estimate of drug-likeness (QED) is 0.735. The molecule has 2 N–H and O–H groups in total. The third-order valence-corrected chi connectivity index (χ3v) is 5.45. The molecule has 1 aliphatic carbocycles. The second-order valence-electron chi connectivity index (χ2n) is 6.60. The molecule has 5 nitrogen and oxygen atoms in total. The number of carbonyl (C=O) groups is 1. The Morgan fingerprint density at radius 2 is 2.09 bits per heavy atom. The van der Waals surface area contributed by atoms with Crippen LogP contribution in [0.5, 0.6) is 0 Å². The summed E-state index contributed by atoms with van der Waals surface area (Å²) in [5.41, 5.74) is 5.64. The van der Waals surface area contributed by atoms with Gasteiger partial charge >= 0.3 is 12.1 Å². The van der Waals surface area contributed by atoms with Crippen molar-refractivity contribution in [2.45, 2.75) is 43.8 Å². The Morgan fingerprint density at radius 3 is 2.73 bits per heavy atom. The van der Waals surface area contributed by atoms with Gasteiger partial charge in [0.1, 0.15) is 5.54 Å². The Balaban J connectivity index is 2.00. The number of nitrogens with two attached hydrogens (primary N) is 1. The van der Waals surface area contributed by atoms with E-state index in [-0.39, 0.29) is 18.4 Å². The zero-order valence-corrected chi connectivity index (χ0v) is 13.1. The molecule has 0 aromatic rings. The van der Waals surface area contributed by atoms with E-state index in [1.807, 2.05) is 4.90 Å². The smallest absolute Gasteiger partial charge is 0.334 e.